The standard InChI is InChI=1S/C29H29O8P.2Na/c1-3-5-7-9-11-13-14-15-16-18-19-21-23-28(30)35-25-27(26-36-38(32,33)34)37-29(31)24-22-20-17-12-10-8-6-4-2;;/h1,27H,4,6,8,10,12,17,20,22,24-26H2,2H3,(H2,32,33,34);;/q;2*+1/p-2/t27-;;/m1../s1. The van der Waals surface area contributed by atoms with Crippen molar-refractivity contribution in [3.8, 4) is 83.4 Å². The number of terminal acetylenes is 1. The predicted molar refractivity (Wildman–Crippen MR) is 137 cm³/mol. The first-order chi connectivity index (χ1) is 18.3. The van der Waals surface area contributed by atoms with Gasteiger partial charge in [-0.3, -0.25) is 4.79 Å². The fourth-order valence-electron chi connectivity index (χ4n) is 2.54. The van der Waals surface area contributed by atoms with E-state index in [1.165, 1.54) is 19.3 Å². The smallest absolute Gasteiger partial charge is 0.790 e. The molecule has 0 amide bonds. The number of carbonyl (C=O) groups excluding carboxylic acids is 2. The summed E-state index contributed by atoms with van der Waals surface area (Å²) in [6.45, 7) is 0.800. The van der Waals surface area contributed by atoms with Crippen LogP contribution in [0.1, 0.15) is 64.7 Å². The number of carbonyl (C=O) groups is 2. The van der Waals surface area contributed by atoms with Crippen molar-refractivity contribution < 1.29 is 97.1 Å². The van der Waals surface area contributed by atoms with Crippen molar-refractivity contribution in [1.82, 2.24) is 0 Å². The number of hydrogen-bond acceptors (Lipinski definition) is 8. The quantitative estimate of drug-likeness (QED) is 0.0474. The Hall–Kier alpha value is -2.03. The topological polar surface area (TPSA) is 125 Å². The van der Waals surface area contributed by atoms with E-state index in [9.17, 15) is 23.9 Å². The zero-order valence-corrected chi connectivity index (χ0v) is 28.0. The molecule has 0 fully saturated rings. The Balaban J connectivity index is -0.00000684. The molecule has 0 saturated carbocycles. The van der Waals surface area contributed by atoms with Gasteiger partial charge >= 0.3 is 71.1 Å². The third-order valence-corrected chi connectivity index (χ3v) is 4.68. The van der Waals surface area contributed by atoms with Gasteiger partial charge < -0.3 is 28.3 Å². The molecular formula is C29H27Na2O8P. The zero-order valence-electron chi connectivity index (χ0n) is 23.1. The number of esters is 2. The minimum atomic E-state index is -5.32. The van der Waals surface area contributed by atoms with Gasteiger partial charge in [-0.1, -0.05) is 51.9 Å². The summed E-state index contributed by atoms with van der Waals surface area (Å²) in [5, 5.41) is 0. The SMILES string of the molecule is C#CC#CC#CC#CC#CC#CC#CC(=O)OC[C@H](COP(=O)([O-])[O-])OC(=O)CCCCCCCCCC.[Na+].[Na+]. The van der Waals surface area contributed by atoms with E-state index in [0.29, 0.717) is 6.42 Å². The third-order valence-electron chi connectivity index (χ3n) is 4.21. The van der Waals surface area contributed by atoms with Gasteiger partial charge in [0.05, 0.1) is 14.4 Å². The van der Waals surface area contributed by atoms with Crippen LogP contribution < -0.4 is 68.9 Å². The monoisotopic (exact) mass is 580 g/mol. The van der Waals surface area contributed by atoms with E-state index in [1.54, 1.807) is 0 Å². The number of rotatable bonds is 15. The van der Waals surface area contributed by atoms with Crippen molar-refractivity contribution in [1.29, 1.82) is 0 Å². The number of hydrogen-bond donors (Lipinski definition) is 0. The molecule has 0 heterocycles. The van der Waals surface area contributed by atoms with Gasteiger partial charge in [0, 0.05) is 12.3 Å². The van der Waals surface area contributed by atoms with Crippen LogP contribution in [-0.4, -0.2) is 31.3 Å². The number of phosphoric acid groups is 1. The molecule has 8 nitrogen and oxygen atoms in total. The first kappa shape index (κ1) is 42.4. The van der Waals surface area contributed by atoms with Crippen molar-refractivity contribution in [3.05, 3.63) is 0 Å². The van der Waals surface area contributed by atoms with Crippen LogP contribution in [0.25, 0.3) is 0 Å². The van der Waals surface area contributed by atoms with Crippen LogP contribution in [0, 0.1) is 83.4 Å². The number of unbranched alkanes of at least 4 members (excludes halogenated alkanes) is 7. The molecule has 1 atom stereocenters. The molecule has 0 bridgehead atoms. The Bertz CT molecular complexity index is 1240. The molecule has 0 aliphatic carbocycles. The molecule has 0 aliphatic heterocycles. The largest absolute Gasteiger partial charge is 1.00 e. The van der Waals surface area contributed by atoms with E-state index >= 15 is 0 Å². The van der Waals surface area contributed by atoms with Crippen molar-refractivity contribution in [3.63, 3.8) is 0 Å². The Morgan fingerprint density at radius 3 is 1.73 bits per heavy atom. The normalized spacial score (nSPS) is 9.15. The molecule has 0 rings (SSSR count). The summed E-state index contributed by atoms with van der Waals surface area (Å²) in [6, 6.07) is 0. The summed E-state index contributed by atoms with van der Waals surface area (Å²) in [7, 11) is -5.32. The van der Waals surface area contributed by atoms with Crippen molar-refractivity contribution in [2.75, 3.05) is 13.2 Å². The van der Waals surface area contributed by atoms with Gasteiger partial charge in [-0.25, -0.2) is 4.79 Å². The summed E-state index contributed by atoms with van der Waals surface area (Å²) in [6.07, 6.45) is 12.0. The van der Waals surface area contributed by atoms with E-state index in [-0.39, 0.29) is 65.5 Å². The molecule has 0 saturated heterocycles. The molecule has 11 heteroatoms. The van der Waals surface area contributed by atoms with Gasteiger partial charge in [0.2, 0.25) is 0 Å². The number of phosphoric ester groups is 1. The van der Waals surface area contributed by atoms with Crippen LogP contribution in [-0.2, 0) is 28.2 Å². The van der Waals surface area contributed by atoms with Crippen molar-refractivity contribution in [2.24, 2.45) is 0 Å². The van der Waals surface area contributed by atoms with E-state index in [0.717, 1.165) is 25.7 Å². The minimum absolute atomic E-state index is 0. The van der Waals surface area contributed by atoms with Crippen LogP contribution >= 0.6 is 7.82 Å². The van der Waals surface area contributed by atoms with Crippen molar-refractivity contribution in [2.45, 2.75) is 70.8 Å². The number of ether oxygens (including phenoxy) is 2. The minimum Gasteiger partial charge on any atom is -0.790 e. The first-order valence-electron chi connectivity index (χ1n) is 11.8. The summed E-state index contributed by atoms with van der Waals surface area (Å²) >= 11 is 0. The van der Waals surface area contributed by atoms with Crippen LogP contribution in [0.15, 0.2) is 0 Å². The van der Waals surface area contributed by atoms with E-state index < -0.39 is 39.1 Å². The maximum atomic E-state index is 12.1. The molecule has 0 aromatic heterocycles. The molecule has 0 radical (unpaired) electrons. The Morgan fingerprint density at radius 2 is 1.23 bits per heavy atom. The van der Waals surface area contributed by atoms with Crippen LogP contribution in [0.2, 0.25) is 0 Å². The van der Waals surface area contributed by atoms with E-state index in [1.807, 2.05) is 0 Å². The van der Waals surface area contributed by atoms with Gasteiger partial charge in [0.25, 0.3) is 0 Å². The maximum absolute atomic E-state index is 12.1. The molecule has 40 heavy (non-hydrogen) atoms. The Morgan fingerprint density at radius 1 is 0.750 bits per heavy atom. The Labute approximate surface area is 282 Å². The predicted octanol–water partition coefficient (Wildman–Crippen LogP) is -4.52. The summed E-state index contributed by atoms with van der Waals surface area (Å²) in [5.41, 5.74) is 0. The summed E-state index contributed by atoms with van der Waals surface area (Å²) < 4.78 is 24.9. The van der Waals surface area contributed by atoms with Gasteiger partial charge in [-0.05, 0) is 77.5 Å². The third kappa shape index (κ3) is 32.2. The van der Waals surface area contributed by atoms with E-state index in [4.69, 9.17) is 15.9 Å². The summed E-state index contributed by atoms with van der Waals surface area (Å²) in [5.74, 6) is 28.3. The zero-order chi connectivity index (χ0) is 28.3. The second-order valence-electron chi connectivity index (χ2n) is 7.32. The molecular weight excluding hydrogens is 553 g/mol. The average molecular weight is 580 g/mol. The fraction of sp³-hybridized carbons (Fsp3) is 0.448. The molecule has 198 valence electrons. The summed E-state index contributed by atoms with van der Waals surface area (Å²) in [4.78, 5) is 45.3. The molecule has 0 spiro atoms. The maximum Gasteiger partial charge on any atom is 1.00 e. The first-order valence-corrected chi connectivity index (χ1v) is 13.2. The van der Waals surface area contributed by atoms with Crippen molar-refractivity contribution >= 4 is 19.8 Å². The molecule has 0 aliphatic rings. The molecule has 0 aromatic carbocycles. The van der Waals surface area contributed by atoms with Gasteiger partial charge in [0.1, 0.15) is 6.61 Å². The molecule has 0 N–H and O–H groups in total. The van der Waals surface area contributed by atoms with Crippen LogP contribution in [0.5, 0.6) is 0 Å². The second kappa shape index (κ2) is 29.9. The van der Waals surface area contributed by atoms with Crippen LogP contribution in [0.3, 0.4) is 0 Å². The van der Waals surface area contributed by atoms with E-state index in [2.05, 4.69) is 88.4 Å². The van der Waals surface area contributed by atoms with Gasteiger partial charge in [-0.15, -0.1) is 6.42 Å². The second-order valence-corrected chi connectivity index (χ2v) is 8.48. The van der Waals surface area contributed by atoms with Gasteiger partial charge in [0.15, 0.2) is 6.10 Å². The van der Waals surface area contributed by atoms with Gasteiger partial charge in [-0.2, -0.15) is 0 Å². The Kier molecular flexibility index (Phi) is 31.8. The van der Waals surface area contributed by atoms with Crippen LogP contribution in [0.4, 0.5) is 0 Å². The molecule has 0 unspecified atom stereocenters. The average Bonchev–Trinajstić information content (AvgIpc) is 2.87. The fourth-order valence-corrected chi connectivity index (χ4v) is 2.89. The molecule has 0 aromatic rings.